The predicted molar refractivity (Wildman–Crippen MR) is 138 cm³/mol. The largest absolute Gasteiger partial charge is 0.469 e. The van der Waals surface area contributed by atoms with Crippen LogP contribution in [0, 0.1) is 50.7 Å². The molecule has 0 radical (unpaired) electrons. The van der Waals surface area contributed by atoms with E-state index in [0.29, 0.717) is 24.2 Å². The Morgan fingerprint density at radius 3 is 2.43 bits per heavy atom. The fourth-order valence-electron chi connectivity index (χ4n) is 10.7. The highest BCUT2D eigenvalue weighted by atomic mass is 16.5. The summed E-state index contributed by atoms with van der Waals surface area (Å²) in [5.41, 5.74) is 2.45. The first-order valence-electron chi connectivity index (χ1n) is 14.1. The monoisotopic (exact) mass is 484 g/mol. The summed E-state index contributed by atoms with van der Waals surface area (Å²) in [7, 11) is 1.47. The fourth-order valence-corrected chi connectivity index (χ4v) is 10.7. The number of fused-ring (bicyclic) bond motifs is 7. The Balaban J connectivity index is 1.60. The van der Waals surface area contributed by atoms with Crippen molar-refractivity contribution in [2.75, 3.05) is 13.7 Å². The number of allylic oxidation sites excluding steroid dienone is 4. The van der Waals surface area contributed by atoms with Gasteiger partial charge >= 0.3 is 5.97 Å². The zero-order valence-electron chi connectivity index (χ0n) is 23.1. The van der Waals surface area contributed by atoms with E-state index in [2.05, 4.69) is 46.8 Å². The van der Waals surface area contributed by atoms with Crippen molar-refractivity contribution in [3.05, 3.63) is 23.3 Å². The molecule has 0 spiro atoms. The smallest absolute Gasteiger partial charge is 0.314 e. The van der Waals surface area contributed by atoms with Crippen molar-refractivity contribution in [3.63, 3.8) is 0 Å². The molecule has 0 amide bonds. The van der Waals surface area contributed by atoms with Crippen LogP contribution in [0.1, 0.15) is 92.9 Å². The lowest BCUT2D eigenvalue weighted by molar-refractivity contribution is -0.218. The van der Waals surface area contributed by atoms with Crippen molar-refractivity contribution in [3.8, 4) is 0 Å². The van der Waals surface area contributed by atoms with Crippen molar-refractivity contribution >= 4 is 5.97 Å². The van der Waals surface area contributed by atoms with E-state index in [-0.39, 0.29) is 40.2 Å². The molecule has 4 nitrogen and oxygen atoms in total. The van der Waals surface area contributed by atoms with Crippen molar-refractivity contribution in [1.82, 2.24) is 0 Å². The Bertz CT molecular complexity index is 967. The van der Waals surface area contributed by atoms with E-state index in [1.165, 1.54) is 12.7 Å². The molecule has 10 unspecified atom stereocenters. The average molecular weight is 485 g/mol. The Morgan fingerprint density at radius 2 is 1.77 bits per heavy atom. The molecule has 2 N–H and O–H groups in total. The number of esters is 1. The molecule has 0 aromatic heterocycles. The maximum Gasteiger partial charge on any atom is 0.314 e. The first kappa shape index (κ1) is 25.5. The summed E-state index contributed by atoms with van der Waals surface area (Å²) in [6, 6.07) is 0. The van der Waals surface area contributed by atoms with Crippen LogP contribution in [0.4, 0.5) is 0 Å². The molecule has 5 rings (SSSR count). The highest BCUT2D eigenvalue weighted by molar-refractivity contribution is 5.78. The maximum absolute atomic E-state index is 13.1. The lowest BCUT2D eigenvalue weighted by atomic mass is 9.33. The number of carbonyl (C=O) groups excluding carboxylic acids is 1. The van der Waals surface area contributed by atoms with Crippen LogP contribution < -0.4 is 0 Å². The Hall–Kier alpha value is -1.13. The number of methoxy groups -OCH3 is 1. The van der Waals surface area contributed by atoms with Crippen LogP contribution >= 0.6 is 0 Å². The molecule has 3 saturated carbocycles. The summed E-state index contributed by atoms with van der Waals surface area (Å²) in [6.07, 6.45) is 12.2. The number of carbonyl (C=O) groups is 1. The van der Waals surface area contributed by atoms with Crippen molar-refractivity contribution in [1.29, 1.82) is 0 Å². The summed E-state index contributed by atoms with van der Waals surface area (Å²) in [4.78, 5) is 13.1. The second kappa shape index (κ2) is 7.93. The van der Waals surface area contributed by atoms with Gasteiger partial charge in [0.2, 0.25) is 0 Å². The van der Waals surface area contributed by atoms with E-state index in [1.807, 2.05) is 6.92 Å². The molecule has 5 aliphatic rings. The summed E-state index contributed by atoms with van der Waals surface area (Å²) < 4.78 is 5.29. The van der Waals surface area contributed by atoms with Gasteiger partial charge in [0.05, 0.1) is 18.6 Å². The lowest BCUT2D eigenvalue weighted by Crippen LogP contribution is -2.66. The van der Waals surface area contributed by atoms with E-state index in [4.69, 9.17) is 4.74 Å². The minimum atomic E-state index is -0.841. The van der Waals surface area contributed by atoms with Gasteiger partial charge in [-0.2, -0.15) is 0 Å². The molecule has 0 aromatic carbocycles. The Labute approximate surface area is 212 Å². The number of hydrogen-bond acceptors (Lipinski definition) is 4. The van der Waals surface area contributed by atoms with Crippen LogP contribution in [-0.2, 0) is 9.53 Å². The zero-order valence-corrected chi connectivity index (χ0v) is 23.1. The minimum Gasteiger partial charge on any atom is -0.469 e. The van der Waals surface area contributed by atoms with Crippen LogP contribution in [0.25, 0.3) is 0 Å². The molecule has 35 heavy (non-hydrogen) atoms. The highest BCUT2D eigenvalue weighted by Gasteiger charge is 2.70. The molecule has 5 aliphatic carbocycles. The van der Waals surface area contributed by atoms with Gasteiger partial charge in [0, 0.05) is 12.0 Å². The van der Waals surface area contributed by atoms with E-state index in [1.54, 1.807) is 5.57 Å². The quantitative estimate of drug-likeness (QED) is 0.369. The van der Waals surface area contributed by atoms with Gasteiger partial charge in [-0.1, -0.05) is 51.0 Å². The molecule has 0 aromatic rings. The van der Waals surface area contributed by atoms with Crippen molar-refractivity contribution in [2.24, 2.45) is 50.7 Å². The number of hydrogen-bond donors (Lipinski definition) is 2. The number of aliphatic hydroxyl groups is 2. The van der Waals surface area contributed by atoms with Crippen LogP contribution in [-0.4, -0.2) is 36.0 Å². The molecule has 3 fully saturated rings. The van der Waals surface area contributed by atoms with Gasteiger partial charge in [-0.15, -0.1) is 0 Å². The fraction of sp³-hybridized carbons (Fsp3) is 0.839. The maximum atomic E-state index is 13.1. The number of ether oxygens (including phenoxy) is 1. The first-order chi connectivity index (χ1) is 16.4. The third kappa shape index (κ3) is 2.96. The van der Waals surface area contributed by atoms with Gasteiger partial charge in [-0.05, 0) is 105 Å². The van der Waals surface area contributed by atoms with Crippen molar-refractivity contribution < 1.29 is 19.7 Å². The summed E-state index contributed by atoms with van der Waals surface area (Å²) in [5, 5.41) is 21.8. The Kier molecular flexibility index (Phi) is 5.78. The molecular weight excluding hydrogens is 436 g/mol. The second-order valence-electron chi connectivity index (χ2n) is 14.1. The van der Waals surface area contributed by atoms with Crippen molar-refractivity contribution in [2.45, 2.75) is 99.0 Å². The van der Waals surface area contributed by atoms with Crippen LogP contribution in [0.15, 0.2) is 23.3 Å². The van der Waals surface area contributed by atoms with Gasteiger partial charge < -0.3 is 14.9 Å². The van der Waals surface area contributed by atoms with Gasteiger partial charge in [-0.3, -0.25) is 4.79 Å². The minimum absolute atomic E-state index is 0.0142. The van der Waals surface area contributed by atoms with E-state index in [9.17, 15) is 15.0 Å². The first-order valence-corrected chi connectivity index (χ1v) is 14.1. The van der Waals surface area contributed by atoms with Crippen LogP contribution in [0.5, 0.6) is 0 Å². The summed E-state index contributed by atoms with van der Waals surface area (Å²) in [6.45, 7) is 14.4. The van der Waals surface area contributed by atoms with E-state index < -0.39 is 11.5 Å². The molecule has 0 bridgehead atoms. The second-order valence-corrected chi connectivity index (χ2v) is 14.1. The van der Waals surface area contributed by atoms with Gasteiger partial charge in [0.25, 0.3) is 0 Å². The molecule has 0 saturated heterocycles. The summed E-state index contributed by atoms with van der Waals surface area (Å²) in [5.74, 6) is 1.22. The normalized spacial score (nSPS) is 53.2. The molecule has 196 valence electrons. The van der Waals surface area contributed by atoms with Gasteiger partial charge in [0.15, 0.2) is 0 Å². The van der Waals surface area contributed by atoms with Crippen LogP contribution in [0.3, 0.4) is 0 Å². The van der Waals surface area contributed by atoms with E-state index >= 15 is 0 Å². The Morgan fingerprint density at radius 1 is 1.06 bits per heavy atom. The number of rotatable bonds is 2. The van der Waals surface area contributed by atoms with Crippen LogP contribution in [0.2, 0.25) is 0 Å². The van der Waals surface area contributed by atoms with E-state index in [0.717, 1.165) is 44.9 Å². The topological polar surface area (TPSA) is 66.8 Å². The molecular formula is C31H48O4. The SMILES string of the molecule is COC(=O)C1(C)C(O)CCC2(C)C1CCC1(C)C2CC=C2C3C(C)C(C)=CCC3(CO)CCC21C. The number of aliphatic hydroxyl groups excluding tert-OH is 2. The van der Waals surface area contributed by atoms with Gasteiger partial charge in [-0.25, -0.2) is 0 Å². The average Bonchev–Trinajstić information content (AvgIpc) is 2.84. The standard InChI is InChI=1S/C31H48O4/c1-19-10-15-31(18-32)17-16-28(4)21(25(31)20(19)2)8-9-22-27(3)13-12-24(33)30(6,26(34)35-7)23(27)11-14-29(22,28)5/h8,10,20,22-25,32-33H,9,11-18H2,1-7H3. The molecule has 0 heterocycles. The highest BCUT2D eigenvalue weighted by Crippen LogP contribution is 2.75. The lowest BCUT2D eigenvalue weighted by Gasteiger charge is -2.71. The summed E-state index contributed by atoms with van der Waals surface area (Å²) >= 11 is 0. The molecule has 0 aliphatic heterocycles. The third-order valence-electron chi connectivity index (χ3n) is 13.3. The third-order valence-corrected chi connectivity index (χ3v) is 13.3. The van der Waals surface area contributed by atoms with Gasteiger partial charge in [0.1, 0.15) is 0 Å². The zero-order chi connectivity index (χ0) is 25.6. The molecule has 10 atom stereocenters. The molecule has 4 heteroatoms. The predicted octanol–water partition coefficient (Wildman–Crippen LogP) is 6.07.